The Morgan fingerprint density at radius 3 is 3.06 bits per heavy atom. The molecular weight excluding hydrogens is 292 g/mol. The van der Waals surface area contributed by atoms with Crippen molar-refractivity contribution in [1.29, 1.82) is 5.26 Å². The minimum absolute atomic E-state index is 0.574. The van der Waals surface area contributed by atoms with E-state index >= 15 is 0 Å². The molecule has 0 aromatic heterocycles. The van der Waals surface area contributed by atoms with Gasteiger partial charge in [0.25, 0.3) is 0 Å². The van der Waals surface area contributed by atoms with Crippen molar-refractivity contribution in [2.45, 2.75) is 26.3 Å². The summed E-state index contributed by atoms with van der Waals surface area (Å²) in [6.45, 7) is 5.51. The van der Waals surface area contributed by atoms with Crippen LogP contribution < -0.4 is 4.74 Å². The van der Waals surface area contributed by atoms with Crippen LogP contribution in [0.1, 0.15) is 24.5 Å². The Bertz CT molecular complexity index is 468. The van der Waals surface area contributed by atoms with Gasteiger partial charge in [0.2, 0.25) is 0 Å². The molecular formula is C14H17BrN2O. The number of hydrogen-bond acceptors (Lipinski definition) is 3. The molecule has 0 bridgehead atoms. The van der Waals surface area contributed by atoms with E-state index in [9.17, 15) is 0 Å². The van der Waals surface area contributed by atoms with Crippen LogP contribution in [-0.4, -0.2) is 24.6 Å². The van der Waals surface area contributed by atoms with Gasteiger partial charge in [-0.15, -0.1) is 0 Å². The van der Waals surface area contributed by atoms with Crippen molar-refractivity contribution in [1.82, 2.24) is 4.90 Å². The molecule has 4 heteroatoms. The van der Waals surface area contributed by atoms with Crippen LogP contribution in [0.15, 0.2) is 16.6 Å². The summed E-state index contributed by atoms with van der Waals surface area (Å²) in [6.07, 6.45) is 1.57. The highest BCUT2D eigenvalue weighted by Crippen LogP contribution is 2.33. The van der Waals surface area contributed by atoms with Gasteiger partial charge in [-0.25, -0.2) is 0 Å². The first kappa shape index (κ1) is 13.4. The fourth-order valence-corrected chi connectivity index (χ4v) is 2.81. The number of hydrogen-bond donors (Lipinski definition) is 0. The van der Waals surface area contributed by atoms with E-state index in [-0.39, 0.29) is 0 Å². The van der Waals surface area contributed by atoms with Crippen LogP contribution in [0.5, 0.6) is 5.75 Å². The molecule has 1 heterocycles. The van der Waals surface area contributed by atoms with Crippen LogP contribution in [0, 0.1) is 11.3 Å². The largest absolute Gasteiger partial charge is 0.493 e. The number of rotatable bonds is 5. The summed E-state index contributed by atoms with van der Waals surface area (Å²) >= 11 is 3.55. The van der Waals surface area contributed by atoms with Gasteiger partial charge >= 0.3 is 0 Å². The Morgan fingerprint density at radius 1 is 1.50 bits per heavy atom. The molecule has 0 aliphatic carbocycles. The summed E-state index contributed by atoms with van der Waals surface area (Å²) < 4.78 is 6.83. The van der Waals surface area contributed by atoms with Gasteiger partial charge in [-0.05, 0) is 24.2 Å². The molecule has 1 aromatic carbocycles. The second-order valence-electron chi connectivity index (χ2n) is 4.43. The van der Waals surface area contributed by atoms with E-state index < -0.39 is 0 Å². The number of ether oxygens (including phenoxy) is 1. The monoisotopic (exact) mass is 308 g/mol. The lowest BCUT2D eigenvalue weighted by Crippen LogP contribution is -2.24. The van der Waals surface area contributed by atoms with Crippen molar-refractivity contribution in [3.05, 3.63) is 27.7 Å². The molecule has 0 amide bonds. The van der Waals surface area contributed by atoms with Crippen LogP contribution in [0.25, 0.3) is 0 Å². The molecule has 0 radical (unpaired) electrons. The number of halogens is 1. The van der Waals surface area contributed by atoms with E-state index in [0.29, 0.717) is 6.42 Å². The molecule has 0 spiro atoms. The summed E-state index contributed by atoms with van der Waals surface area (Å²) in [6, 6.07) is 6.46. The van der Waals surface area contributed by atoms with Crippen LogP contribution in [0.4, 0.5) is 0 Å². The zero-order valence-electron chi connectivity index (χ0n) is 10.6. The normalized spacial score (nSPS) is 13.2. The molecule has 18 heavy (non-hydrogen) atoms. The number of benzene rings is 1. The highest BCUT2D eigenvalue weighted by molar-refractivity contribution is 9.10. The van der Waals surface area contributed by atoms with E-state index in [1.165, 1.54) is 11.1 Å². The van der Waals surface area contributed by atoms with Gasteiger partial charge in [0.05, 0.1) is 12.7 Å². The minimum Gasteiger partial charge on any atom is -0.493 e. The van der Waals surface area contributed by atoms with E-state index in [0.717, 1.165) is 42.9 Å². The molecule has 0 saturated heterocycles. The first-order chi connectivity index (χ1) is 8.74. The lowest BCUT2D eigenvalue weighted by atomic mass is 10.1. The average molecular weight is 309 g/mol. The summed E-state index contributed by atoms with van der Waals surface area (Å²) in [5.41, 5.74) is 2.51. The summed E-state index contributed by atoms with van der Waals surface area (Å²) in [4.78, 5) is 2.27. The van der Waals surface area contributed by atoms with Gasteiger partial charge in [0, 0.05) is 36.0 Å². The molecule has 1 aromatic rings. The van der Waals surface area contributed by atoms with Crippen LogP contribution in [-0.2, 0) is 13.0 Å². The number of fused-ring (bicyclic) bond motifs is 1. The van der Waals surface area contributed by atoms with Gasteiger partial charge < -0.3 is 4.74 Å². The molecule has 0 saturated carbocycles. The minimum atomic E-state index is 0.574. The molecule has 1 aliphatic heterocycles. The molecule has 3 nitrogen and oxygen atoms in total. The smallest absolute Gasteiger partial charge is 0.127 e. The molecule has 2 rings (SSSR count). The third-order valence-corrected chi connectivity index (χ3v) is 3.66. The Morgan fingerprint density at radius 2 is 2.33 bits per heavy atom. The standard InChI is InChI=1S/C14H17BrN2O/c1-2-17(6-3-5-16)10-12-9-13(15)8-11-4-7-18-14(11)12/h8-9H,2-4,6-7,10H2,1H3. The van der Waals surface area contributed by atoms with Gasteiger partial charge in [0.1, 0.15) is 5.75 Å². The fourth-order valence-electron chi connectivity index (χ4n) is 2.26. The lowest BCUT2D eigenvalue weighted by Gasteiger charge is -2.20. The van der Waals surface area contributed by atoms with E-state index in [2.05, 4.69) is 46.0 Å². The fraction of sp³-hybridized carbons (Fsp3) is 0.500. The summed E-state index contributed by atoms with van der Waals surface area (Å²) in [5, 5.41) is 8.67. The van der Waals surface area contributed by atoms with Gasteiger partial charge in [-0.1, -0.05) is 22.9 Å². The van der Waals surface area contributed by atoms with Crippen LogP contribution in [0.3, 0.4) is 0 Å². The second kappa shape index (κ2) is 6.21. The Labute approximate surface area is 116 Å². The molecule has 0 unspecified atom stereocenters. The Hall–Kier alpha value is -1.05. The van der Waals surface area contributed by atoms with Crippen molar-refractivity contribution >= 4 is 15.9 Å². The van der Waals surface area contributed by atoms with E-state index in [1.54, 1.807) is 0 Å². The van der Waals surface area contributed by atoms with Gasteiger partial charge in [-0.2, -0.15) is 5.26 Å². The Kier molecular flexibility index (Phi) is 4.62. The third kappa shape index (κ3) is 3.04. The van der Waals surface area contributed by atoms with Crippen molar-refractivity contribution in [3.8, 4) is 11.8 Å². The highest BCUT2D eigenvalue weighted by atomic mass is 79.9. The summed E-state index contributed by atoms with van der Waals surface area (Å²) in [5.74, 6) is 1.05. The topological polar surface area (TPSA) is 36.3 Å². The number of nitrogens with zero attached hydrogens (tertiary/aromatic N) is 2. The first-order valence-electron chi connectivity index (χ1n) is 6.28. The predicted octanol–water partition coefficient (Wildman–Crippen LogP) is 3.12. The molecule has 1 aliphatic rings. The van der Waals surface area contributed by atoms with Crippen LogP contribution in [0.2, 0.25) is 0 Å². The molecule has 0 atom stereocenters. The zero-order valence-corrected chi connectivity index (χ0v) is 12.2. The SMILES string of the molecule is CCN(CCC#N)Cc1cc(Br)cc2c1OCC2. The second-order valence-corrected chi connectivity index (χ2v) is 5.34. The lowest BCUT2D eigenvalue weighted by molar-refractivity contribution is 0.278. The maximum Gasteiger partial charge on any atom is 0.127 e. The molecule has 0 N–H and O–H groups in total. The average Bonchev–Trinajstić information content (AvgIpc) is 2.82. The van der Waals surface area contributed by atoms with E-state index in [1.807, 2.05) is 0 Å². The van der Waals surface area contributed by atoms with Crippen molar-refractivity contribution in [2.24, 2.45) is 0 Å². The van der Waals surface area contributed by atoms with Gasteiger partial charge in [0.15, 0.2) is 0 Å². The van der Waals surface area contributed by atoms with Crippen molar-refractivity contribution < 1.29 is 4.74 Å². The van der Waals surface area contributed by atoms with Crippen LogP contribution >= 0.6 is 15.9 Å². The van der Waals surface area contributed by atoms with Gasteiger partial charge in [-0.3, -0.25) is 4.90 Å². The maximum atomic E-state index is 8.67. The predicted molar refractivity (Wildman–Crippen MR) is 74.5 cm³/mol. The van der Waals surface area contributed by atoms with Crippen molar-refractivity contribution in [3.63, 3.8) is 0 Å². The van der Waals surface area contributed by atoms with Crippen molar-refractivity contribution in [2.75, 3.05) is 19.7 Å². The zero-order chi connectivity index (χ0) is 13.0. The van der Waals surface area contributed by atoms with E-state index in [4.69, 9.17) is 10.00 Å². The third-order valence-electron chi connectivity index (χ3n) is 3.21. The molecule has 96 valence electrons. The first-order valence-corrected chi connectivity index (χ1v) is 7.07. The maximum absolute atomic E-state index is 8.67. The highest BCUT2D eigenvalue weighted by Gasteiger charge is 2.18. The quantitative estimate of drug-likeness (QED) is 0.838. The summed E-state index contributed by atoms with van der Waals surface area (Å²) in [7, 11) is 0. The Balaban J connectivity index is 2.15. The molecule has 0 fully saturated rings. The number of nitriles is 1.